The Balaban J connectivity index is 2.05. The van der Waals surface area contributed by atoms with Gasteiger partial charge in [0.1, 0.15) is 18.2 Å². The summed E-state index contributed by atoms with van der Waals surface area (Å²) in [5, 5.41) is 6.46. The predicted octanol–water partition coefficient (Wildman–Crippen LogP) is 2.01. The minimum atomic E-state index is -0.420. The Bertz CT molecular complexity index is 584. The highest BCUT2D eigenvalue weighted by Crippen LogP contribution is 2.22. The first-order chi connectivity index (χ1) is 8.54. The number of rotatable bonds is 3. The molecule has 1 aromatic heterocycles. The summed E-state index contributed by atoms with van der Waals surface area (Å²) in [4.78, 5) is 11.7. The summed E-state index contributed by atoms with van der Waals surface area (Å²) in [7, 11) is 0. The molecule has 3 N–H and O–H groups in total. The molecule has 7 heteroatoms. The van der Waals surface area contributed by atoms with E-state index in [1.54, 1.807) is 12.3 Å². The van der Waals surface area contributed by atoms with E-state index in [1.165, 1.54) is 22.9 Å². The van der Waals surface area contributed by atoms with Gasteiger partial charge in [0, 0.05) is 10.7 Å². The molecule has 0 radical (unpaired) electrons. The second-order valence-electron chi connectivity index (χ2n) is 3.61. The van der Waals surface area contributed by atoms with Crippen molar-refractivity contribution in [2.45, 2.75) is 6.54 Å². The Kier molecular flexibility index (Phi) is 3.61. The molecule has 1 heterocycles. The molecule has 0 aliphatic rings. The summed E-state index contributed by atoms with van der Waals surface area (Å²) in [6, 6.07) is 5.65. The molecule has 18 heavy (non-hydrogen) atoms. The number of carbonyl (C=O) groups is 1. The van der Waals surface area contributed by atoms with Gasteiger partial charge < -0.3 is 11.1 Å². The molecule has 0 aliphatic carbocycles. The largest absolute Gasteiger partial charge is 0.382 e. The van der Waals surface area contributed by atoms with E-state index in [0.717, 1.165) is 0 Å². The second-order valence-corrected chi connectivity index (χ2v) is 4.46. The predicted molar refractivity (Wildman–Crippen MR) is 69.4 cm³/mol. The lowest BCUT2D eigenvalue weighted by Crippen LogP contribution is -2.19. The average Bonchev–Trinajstić information content (AvgIpc) is 2.69. The first-order valence-electron chi connectivity index (χ1n) is 5.08. The lowest BCUT2D eigenvalue weighted by atomic mass is 10.3. The molecule has 0 saturated heterocycles. The minimum Gasteiger partial charge on any atom is -0.382 e. The SMILES string of the molecule is Nc1ccn(CC(=O)Nc2cc(F)ccc2Br)n1. The fourth-order valence-corrected chi connectivity index (χ4v) is 1.74. The van der Waals surface area contributed by atoms with Crippen LogP contribution in [0.1, 0.15) is 0 Å². The number of nitrogens with zero attached hydrogens (tertiary/aromatic N) is 2. The maximum absolute atomic E-state index is 13.0. The van der Waals surface area contributed by atoms with Crippen LogP contribution in [0.3, 0.4) is 0 Å². The molecule has 0 saturated carbocycles. The zero-order valence-corrected chi connectivity index (χ0v) is 10.8. The van der Waals surface area contributed by atoms with Gasteiger partial charge in [-0.15, -0.1) is 0 Å². The Morgan fingerprint density at radius 3 is 2.94 bits per heavy atom. The number of benzene rings is 1. The summed E-state index contributed by atoms with van der Waals surface area (Å²) >= 11 is 3.22. The first kappa shape index (κ1) is 12.6. The van der Waals surface area contributed by atoms with Crippen molar-refractivity contribution in [2.24, 2.45) is 0 Å². The lowest BCUT2D eigenvalue weighted by molar-refractivity contribution is -0.116. The van der Waals surface area contributed by atoms with Crippen molar-refractivity contribution in [1.82, 2.24) is 9.78 Å². The average molecular weight is 313 g/mol. The number of carbonyl (C=O) groups excluding carboxylic acids is 1. The van der Waals surface area contributed by atoms with Crippen molar-refractivity contribution >= 4 is 33.3 Å². The highest BCUT2D eigenvalue weighted by atomic mass is 79.9. The number of nitrogens with one attached hydrogen (secondary N) is 1. The van der Waals surface area contributed by atoms with Gasteiger partial charge in [-0.1, -0.05) is 0 Å². The summed E-state index contributed by atoms with van der Waals surface area (Å²) in [6.45, 7) is 0.0140. The van der Waals surface area contributed by atoms with Crippen LogP contribution in [0, 0.1) is 5.82 Å². The van der Waals surface area contributed by atoms with Crippen LogP contribution in [0.2, 0.25) is 0 Å². The van der Waals surface area contributed by atoms with Crippen LogP contribution < -0.4 is 11.1 Å². The molecular weight excluding hydrogens is 303 g/mol. The first-order valence-corrected chi connectivity index (χ1v) is 5.88. The molecule has 0 spiro atoms. The quantitative estimate of drug-likeness (QED) is 0.910. The lowest BCUT2D eigenvalue weighted by Gasteiger charge is -2.07. The Labute approximate surface area is 111 Å². The van der Waals surface area contributed by atoms with Gasteiger partial charge in [0.25, 0.3) is 0 Å². The maximum Gasteiger partial charge on any atom is 0.246 e. The highest BCUT2D eigenvalue weighted by molar-refractivity contribution is 9.10. The van der Waals surface area contributed by atoms with Crippen molar-refractivity contribution in [2.75, 3.05) is 11.1 Å². The molecule has 94 valence electrons. The minimum absolute atomic E-state index is 0.0140. The van der Waals surface area contributed by atoms with Crippen molar-refractivity contribution in [3.63, 3.8) is 0 Å². The van der Waals surface area contributed by atoms with Gasteiger partial charge in [-0.05, 0) is 40.2 Å². The van der Waals surface area contributed by atoms with E-state index in [9.17, 15) is 9.18 Å². The summed E-state index contributed by atoms with van der Waals surface area (Å²) in [5.41, 5.74) is 5.81. The molecule has 0 bridgehead atoms. The molecule has 1 amide bonds. The van der Waals surface area contributed by atoms with Gasteiger partial charge in [0.05, 0.1) is 5.69 Å². The van der Waals surface area contributed by atoms with Crippen LogP contribution in [-0.2, 0) is 11.3 Å². The third-order valence-electron chi connectivity index (χ3n) is 2.17. The van der Waals surface area contributed by atoms with E-state index >= 15 is 0 Å². The van der Waals surface area contributed by atoms with E-state index in [2.05, 4.69) is 26.3 Å². The third kappa shape index (κ3) is 3.07. The number of hydrogen-bond acceptors (Lipinski definition) is 3. The van der Waals surface area contributed by atoms with E-state index < -0.39 is 5.82 Å². The van der Waals surface area contributed by atoms with Crippen molar-refractivity contribution in [1.29, 1.82) is 0 Å². The number of halogens is 2. The molecule has 0 unspecified atom stereocenters. The molecule has 1 aromatic carbocycles. The van der Waals surface area contributed by atoms with Gasteiger partial charge >= 0.3 is 0 Å². The van der Waals surface area contributed by atoms with Gasteiger partial charge in [0.2, 0.25) is 5.91 Å². The number of anilines is 2. The Hall–Kier alpha value is -1.89. The number of nitrogen functional groups attached to an aromatic ring is 1. The van der Waals surface area contributed by atoms with Crippen LogP contribution in [0.4, 0.5) is 15.9 Å². The normalized spacial score (nSPS) is 10.3. The van der Waals surface area contributed by atoms with Crippen LogP contribution in [0.25, 0.3) is 0 Å². The van der Waals surface area contributed by atoms with E-state index in [-0.39, 0.29) is 12.5 Å². The third-order valence-corrected chi connectivity index (χ3v) is 2.86. The van der Waals surface area contributed by atoms with Crippen molar-refractivity contribution in [3.8, 4) is 0 Å². The molecule has 2 rings (SSSR count). The van der Waals surface area contributed by atoms with E-state index in [0.29, 0.717) is 16.0 Å². The molecule has 2 aromatic rings. The topological polar surface area (TPSA) is 72.9 Å². The second kappa shape index (κ2) is 5.18. The molecular formula is C11H10BrFN4O. The van der Waals surface area contributed by atoms with Gasteiger partial charge in [-0.3, -0.25) is 9.48 Å². The van der Waals surface area contributed by atoms with E-state index in [4.69, 9.17) is 5.73 Å². The van der Waals surface area contributed by atoms with Crippen molar-refractivity contribution < 1.29 is 9.18 Å². The van der Waals surface area contributed by atoms with Gasteiger partial charge in [0.15, 0.2) is 0 Å². The fourth-order valence-electron chi connectivity index (χ4n) is 1.40. The standard InChI is InChI=1S/C11H10BrFN4O/c12-8-2-1-7(13)5-9(8)15-11(18)6-17-4-3-10(14)16-17/h1-5H,6H2,(H2,14,16)(H,15,18). The van der Waals surface area contributed by atoms with Crippen LogP contribution in [0.15, 0.2) is 34.9 Å². The monoisotopic (exact) mass is 312 g/mol. The number of amides is 1. The fraction of sp³-hybridized carbons (Fsp3) is 0.0909. The maximum atomic E-state index is 13.0. The number of hydrogen-bond donors (Lipinski definition) is 2. The van der Waals surface area contributed by atoms with Gasteiger partial charge in [-0.25, -0.2) is 4.39 Å². The molecule has 0 atom stereocenters. The molecule has 0 fully saturated rings. The zero-order chi connectivity index (χ0) is 13.1. The Morgan fingerprint density at radius 2 is 2.28 bits per heavy atom. The van der Waals surface area contributed by atoms with Crippen LogP contribution >= 0.6 is 15.9 Å². The molecule has 0 aliphatic heterocycles. The van der Waals surface area contributed by atoms with E-state index in [1.807, 2.05) is 0 Å². The van der Waals surface area contributed by atoms with Gasteiger partial charge in [-0.2, -0.15) is 5.10 Å². The smallest absolute Gasteiger partial charge is 0.246 e. The Morgan fingerprint density at radius 1 is 1.50 bits per heavy atom. The number of aromatic nitrogens is 2. The van der Waals surface area contributed by atoms with Crippen molar-refractivity contribution in [3.05, 3.63) is 40.8 Å². The van der Waals surface area contributed by atoms with Crippen LogP contribution in [0.5, 0.6) is 0 Å². The van der Waals surface area contributed by atoms with Crippen LogP contribution in [-0.4, -0.2) is 15.7 Å². The summed E-state index contributed by atoms with van der Waals surface area (Å²) < 4.78 is 15.0. The summed E-state index contributed by atoms with van der Waals surface area (Å²) in [6.07, 6.45) is 1.59. The highest BCUT2D eigenvalue weighted by Gasteiger charge is 2.08. The molecule has 5 nitrogen and oxygen atoms in total. The number of nitrogens with two attached hydrogens (primary N) is 1. The zero-order valence-electron chi connectivity index (χ0n) is 9.23. The summed E-state index contributed by atoms with van der Waals surface area (Å²) in [5.74, 6) is -0.393.